The molecule has 0 amide bonds. The summed E-state index contributed by atoms with van der Waals surface area (Å²) in [6.45, 7) is 3.17. The van der Waals surface area contributed by atoms with Gasteiger partial charge in [0, 0.05) is 35.7 Å². The van der Waals surface area contributed by atoms with Crippen molar-refractivity contribution in [1.82, 2.24) is 4.90 Å². The van der Waals surface area contributed by atoms with Gasteiger partial charge in [-0.05, 0) is 74.9 Å². The van der Waals surface area contributed by atoms with Crippen LogP contribution in [0.5, 0.6) is 5.75 Å². The van der Waals surface area contributed by atoms with E-state index in [0.29, 0.717) is 17.2 Å². The van der Waals surface area contributed by atoms with Crippen LogP contribution in [0.3, 0.4) is 0 Å². The SMILES string of the molecule is N#Cc1c(N=Cc2ccc(OCc3ccc(Cl)cc3)c(Br)c2)sc2c1CCN(Cc1ccccc1)C2. The first-order valence-electron chi connectivity index (χ1n) is 11.6. The van der Waals surface area contributed by atoms with E-state index in [1.54, 1.807) is 11.3 Å². The van der Waals surface area contributed by atoms with Gasteiger partial charge >= 0.3 is 0 Å². The van der Waals surface area contributed by atoms with Crippen molar-refractivity contribution in [1.29, 1.82) is 5.26 Å². The van der Waals surface area contributed by atoms with E-state index in [4.69, 9.17) is 21.3 Å². The first-order valence-corrected chi connectivity index (χ1v) is 13.6. The van der Waals surface area contributed by atoms with Crippen molar-refractivity contribution >= 4 is 50.1 Å². The molecule has 0 saturated carbocycles. The topological polar surface area (TPSA) is 48.6 Å². The largest absolute Gasteiger partial charge is 0.488 e. The highest BCUT2D eigenvalue weighted by Crippen LogP contribution is 2.39. The van der Waals surface area contributed by atoms with Gasteiger partial charge in [-0.3, -0.25) is 4.90 Å². The fourth-order valence-electron chi connectivity index (χ4n) is 4.21. The van der Waals surface area contributed by atoms with Crippen molar-refractivity contribution in [3.05, 3.63) is 115 Å². The Labute approximate surface area is 228 Å². The quantitative estimate of drug-likeness (QED) is 0.210. The number of hydrogen-bond acceptors (Lipinski definition) is 5. The summed E-state index contributed by atoms with van der Waals surface area (Å²) in [6.07, 6.45) is 2.69. The number of hydrogen-bond donors (Lipinski definition) is 0. The van der Waals surface area contributed by atoms with E-state index in [1.807, 2.05) is 54.7 Å². The van der Waals surface area contributed by atoms with Gasteiger partial charge in [-0.1, -0.05) is 54.1 Å². The van der Waals surface area contributed by atoms with Crippen LogP contribution in [0.4, 0.5) is 5.00 Å². The molecule has 4 nitrogen and oxygen atoms in total. The highest BCUT2D eigenvalue weighted by Gasteiger charge is 2.24. The Morgan fingerprint density at radius 2 is 1.89 bits per heavy atom. The van der Waals surface area contributed by atoms with Gasteiger partial charge in [0.2, 0.25) is 0 Å². The second kappa shape index (κ2) is 11.4. The lowest BCUT2D eigenvalue weighted by atomic mass is 10.0. The fourth-order valence-corrected chi connectivity index (χ4v) is 6.04. The summed E-state index contributed by atoms with van der Waals surface area (Å²) in [7, 11) is 0. The summed E-state index contributed by atoms with van der Waals surface area (Å²) >= 11 is 11.2. The molecule has 4 aromatic rings. The van der Waals surface area contributed by atoms with E-state index in [9.17, 15) is 5.26 Å². The Balaban J connectivity index is 1.27. The van der Waals surface area contributed by atoms with Crippen molar-refractivity contribution in [3.8, 4) is 11.8 Å². The van der Waals surface area contributed by atoms with Crippen LogP contribution < -0.4 is 4.74 Å². The molecule has 2 heterocycles. The monoisotopic (exact) mass is 575 g/mol. The summed E-state index contributed by atoms with van der Waals surface area (Å²) in [5.41, 5.74) is 5.16. The summed E-state index contributed by atoms with van der Waals surface area (Å²) < 4.78 is 6.79. The number of halogens is 2. The van der Waals surface area contributed by atoms with Gasteiger partial charge in [0.15, 0.2) is 0 Å². The summed E-state index contributed by atoms with van der Waals surface area (Å²) in [5, 5.41) is 11.3. The second-order valence-electron chi connectivity index (χ2n) is 8.61. The Morgan fingerprint density at radius 1 is 1.08 bits per heavy atom. The van der Waals surface area contributed by atoms with Gasteiger partial charge in [-0.15, -0.1) is 11.3 Å². The molecule has 0 N–H and O–H groups in total. The van der Waals surface area contributed by atoms with Crippen molar-refractivity contribution in [2.24, 2.45) is 4.99 Å². The molecule has 0 atom stereocenters. The standard InChI is InChI=1S/C29H23BrClN3OS/c30-26-14-22(8-11-27(26)35-19-21-6-9-23(31)10-7-21)16-33-29-25(15-32)24-12-13-34(18-28(24)36-29)17-20-4-2-1-3-5-20/h1-11,14,16H,12-13,17-19H2. The molecule has 0 bridgehead atoms. The Kier molecular flexibility index (Phi) is 7.84. The Hall–Kier alpha value is -2.95. The van der Waals surface area contributed by atoms with E-state index in [0.717, 1.165) is 58.0 Å². The lowest BCUT2D eigenvalue weighted by Crippen LogP contribution is -2.29. The molecule has 0 fully saturated rings. The molecule has 1 aliphatic heterocycles. The minimum Gasteiger partial charge on any atom is -0.488 e. The third kappa shape index (κ3) is 5.88. The molecule has 5 rings (SSSR count). The second-order valence-corrected chi connectivity index (χ2v) is 11.0. The molecule has 180 valence electrons. The number of rotatable bonds is 7. The maximum absolute atomic E-state index is 9.85. The van der Waals surface area contributed by atoms with Crippen LogP contribution in [0.25, 0.3) is 0 Å². The summed E-state index contributed by atoms with van der Waals surface area (Å²) in [6, 6.07) is 26.4. The molecule has 0 aliphatic carbocycles. The number of fused-ring (bicyclic) bond motifs is 1. The lowest BCUT2D eigenvalue weighted by Gasteiger charge is -2.26. The number of nitrogens with zero attached hydrogens (tertiary/aromatic N) is 3. The zero-order chi connectivity index (χ0) is 24.9. The normalized spacial score (nSPS) is 13.5. The van der Waals surface area contributed by atoms with Crippen molar-refractivity contribution < 1.29 is 4.74 Å². The fraction of sp³-hybridized carbons (Fsp3) is 0.172. The molecule has 0 saturated heterocycles. The summed E-state index contributed by atoms with van der Waals surface area (Å²) in [5.74, 6) is 0.755. The molecule has 3 aromatic carbocycles. The molecule has 0 radical (unpaired) electrons. The van der Waals surface area contributed by atoms with Gasteiger partial charge in [-0.2, -0.15) is 5.26 Å². The van der Waals surface area contributed by atoms with Crippen molar-refractivity contribution in [2.45, 2.75) is 26.1 Å². The van der Waals surface area contributed by atoms with Gasteiger partial charge < -0.3 is 4.74 Å². The average Bonchev–Trinajstić information content (AvgIpc) is 3.25. The first-order chi connectivity index (χ1) is 17.6. The predicted octanol–water partition coefficient (Wildman–Crippen LogP) is 7.92. The van der Waals surface area contributed by atoms with Crippen LogP contribution in [-0.4, -0.2) is 17.7 Å². The Bertz CT molecular complexity index is 1430. The molecule has 0 unspecified atom stereocenters. The molecule has 36 heavy (non-hydrogen) atoms. The number of thiophene rings is 1. The van der Waals surface area contributed by atoms with Crippen molar-refractivity contribution in [3.63, 3.8) is 0 Å². The van der Waals surface area contributed by atoms with E-state index < -0.39 is 0 Å². The van der Waals surface area contributed by atoms with Crippen molar-refractivity contribution in [2.75, 3.05) is 6.54 Å². The van der Waals surface area contributed by atoms with Gasteiger partial charge in [0.1, 0.15) is 23.4 Å². The third-order valence-corrected chi connectivity index (χ3v) is 8.07. The van der Waals surface area contributed by atoms with E-state index >= 15 is 0 Å². The van der Waals surface area contributed by atoms with E-state index in [2.05, 4.69) is 51.2 Å². The molecule has 1 aromatic heterocycles. The van der Waals surface area contributed by atoms with Crippen LogP contribution in [0.2, 0.25) is 5.02 Å². The van der Waals surface area contributed by atoms with E-state index in [-0.39, 0.29) is 0 Å². The maximum atomic E-state index is 9.85. The highest BCUT2D eigenvalue weighted by molar-refractivity contribution is 9.10. The minimum absolute atomic E-state index is 0.455. The zero-order valence-corrected chi connectivity index (χ0v) is 22.6. The lowest BCUT2D eigenvalue weighted by molar-refractivity contribution is 0.249. The smallest absolute Gasteiger partial charge is 0.134 e. The van der Waals surface area contributed by atoms with Crippen LogP contribution in [-0.2, 0) is 26.1 Å². The minimum atomic E-state index is 0.455. The maximum Gasteiger partial charge on any atom is 0.134 e. The van der Waals surface area contributed by atoms with Crippen LogP contribution in [0.1, 0.15) is 32.7 Å². The van der Waals surface area contributed by atoms with Gasteiger partial charge in [-0.25, -0.2) is 4.99 Å². The summed E-state index contributed by atoms with van der Waals surface area (Å²) in [4.78, 5) is 8.39. The molecule has 0 spiro atoms. The van der Waals surface area contributed by atoms with Crippen LogP contribution >= 0.6 is 38.9 Å². The van der Waals surface area contributed by atoms with Gasteiger partial charge in [0.25, 0.3) is 0 Å². The highest BCUT2D eigenvalue weighted by atomic mass is 79.9. The molecular weight excluding hydrogens is 554 g/mol. The number of benzene rings is 3. The van der Waals surface area contributed by atoms with Gasteiger partial charge in [0.05, 0.1) is 10.0 Å². The number of aliphatic imine (C=N–C) groups is 1. The third-order valence-electron chi connectivity index (χ3n) is 6.07. The van der Waals surface area contributed by atoms with Crippen LogP contribution in [0.15, 0.2) is 82.3 Å². The van der Waals surface area contributed by atoms with Crippen LogP contribution in [0, 0.1) is 11.3 Å². The first kappa shape index (κ1) is 24.7. The average molecular weight is 577 g/mol. The molecular formula is C29H23BrClN3OS. The predicted molar refractivity (Wildman–Crippen MR) is 150 cm³/mol. The zero-order valence-electron chi connectivity index (χ0n) is 19.5. The number of ether oxygens (including phenoxy) is 1. The molecule has 1 aliphatic rings. The number of nitriles is 1. The molecule has 7 heteroatoms. The van der Waals surface area contributed by atoms with E-state index in [1.165, 1.54) is 10.4 Å². The Morgan fingerprint density at radius 3 is 2.64 bits per heavy atom.